The van der Waals surface area contributed by atoms with E-state index in [0.717, 1.165) is 16.9 Å². The van der Waals surface area contributed by atoms with Gasteiger partial charge >= 0.3 is 18.0 Å². The SMILES string of the molecule is COC(=O)c1sc(-c2cccc(NC(=O)C3CCN(C(=O)OC(C)(C)C)CC3)c2)c(Br)c1OCC(=O)OC(C)(C)C. The summed E-state index contributed by atoms with van der Waals surface area (Å²) in [6.45, 7) is 11.2. The lowest BCUT2D eigenvalue weighted by Gasteiger charge is -2.32. The van der Waals surface area contributed by atoms with Gasteiger partial charge in [-0.15, -0.1) is 11.3 Å². The number of halogens is 1. The summed E-state index contributed by atoms with van der Waals surface area (Å²) < 4.78 is 21.8. The van der Waals surface area contributed by atoms with Gasteiger partial charge in [0.2, 0.25) is 5.91 Å². The molecule has 2 heterocycles. The standard InChI is InChI=1S/C29H37BrN2O8S/c1-28(2,3)39-20(33)16-38-22-21(30)23(41-24(22)26(35)37-7)18-9-8-10-19(15-18)31-25(34)17-11-13-32(14-12-17)27(36)40-29(4,5)6/h8-10,15,17H,11-14,16H2,1-7H3,(H,31,34). The van der Waals surface area contributed by atoms with E-state index >= 15 is 0 Å². The molecule has 1 fully saturated rings. The number of thiophene rings is 1. The molecule has 1 N–H and O–H groups in total. The van der Waals surface area contributed by atoms with Gasteiger partial charge in [0.15, 0.2) is 17.2 Å². The fraction of sp³-hybridized carbons (Fsp3) is 0.517. The van der Waals surface area contributed by atoms with Crippen LogP contribution in [0.2, 0.25) is 0 Å². The number of esters is 2. The van der Waals surface area contributed by atoms with Crippen LogP contribution in [0.4, 0.5) is 10.5 Å². The molecule has 0 atom stereocenters. The highest BCUT2D eigenvalue weighted by atomic mass is 79.9. The molecule has 0 unspecified atom stereocenters. The molecule has 1 aliphatic heterocycles. The Morgan fingerprint density at radius 3 is 2.24 bits per heavy atom. The van der Waals surface area contributed by atoms with Crippen molar-refractivity contribution in [2.24, 2.45) is 5.92 Å². The average Bonchev–Trinajstić information content (AvgIpc) is 3.21. The van der Waals surface area contributed by atoms with Gasteiger partial charge in [-0.1, -0.05) is 12.1 Å². The Bertz CT molecular complexity index is 1290. The number of amides is 2. The number of nitrogens with zero attached hydrogens (tertiary/aromatic N) is 1. The van der Waals surface area contributed by atoms with Crippen LogP contribution >= 0.6 is 27.3 Å². The van der Waals surface area contributed by atoms with Crippen molar-refractivity contribution in [1.29, 1.82) is 0 Å². The Kier molecular flexibility index (Phi) is 10.5. The monoisotopic (exact) mass is 652 g/mol. The maximum Gasteiger partial charge on any atom is 0.410 e. The minimum Gasteiger partial charge on any atom is -0.479 e. The normalized spacial score (nSPS) is 14.3. The van der Waals surface area contributed by atoms with Crippen LogP contribution in [-0.2, 0) is 23.8 Å². The molecule has 1 aromatic heterocycles. The third-order valence-electron chi connectivity index (χ3n) is 5.84. The van der Waals surface area contributed by atoms with E-state index in [1.165, 1.54) is 7.11 Å². The topological polar surface area (TPSA) is 120 Å². The van der Waals surface area contributed by atoms with Gasteiger partial charge in [-0.25, -0.2) is 14.4 Å². The van der Waals surface area contributed by atoms with Gasteiger partial charge < -0.3 is 29.2 Å². The molecule has 0 saturated carbocycles. The number of methoxy groups -OCH3 is 1. The first-order valence-electron chi connectivity index (χ1n) is 13.2. The summed E-state index contributed by atoms with van der Waals surface area (Å²) in [6.07, 6.45) is 0.691. The average molecular weight is 654 g/mol. The van der Waals surface area contributed by atoms with Gasteiger partial charge in [0.25, 0.3) is 0 Å². The van der Waals surface area contributed by atoms with Crippen molar-refractivity contribution in [3.8, 4) is 16.2 Å². The molecule has 2 amide bonds. The second-order valence-electron chi connectivity index (χ2n) is 11.6. The molecule has 224 valence electrons. The summed E-state index contributed by atoms with van der Waals surface area (Å²) in [7, 11) is 1.27. The smallest absolute Gasteiger partial charge is 0.410 e. The maximum atomic E-state index is 13.0. The van der Waals surface area contributed by atoms with E-state index in [2.05, 4.69) is 21.2 Å². The second-order valence-corrected chi connectivity index (χ2v) is 13.4. The van der Waals surface area contributed by atoms with Crippen molar-refractivity contribution >= 4 is 56.9 Å². The molecular weight excluding hydrogens is 616 g/mol. The van der Waals surface area contributed by atoms with Crippen molar-refractivity contribution < 1.29 is 38.1 Å². The zero-order chi connectivity index (χ0) is 30.5. The zero-order valence-corrected chi connectivity index (χ0v) is 26.8. The summed E-state index contributed by atoms with van der Waals surface area (Å²) in [6, 6.07) is 7.20. The molecule has 41 heavy (non-hydrogen) atoms. The second kappa shape index (κ2) is 13.2. The van der Waals surface area contributed by atoms with E-state index < -0.39 is 29.7 Å². The molecule has 1 saturated heterocycles. The molecule has 2 aromatic rings. The number of hydrogen-bond donors (Lipinski definition) is 1. The Hall–Kier alpha value is -3.12. The van der Waals surface area contributed by atoms with Crippen LogP contribution in [0, 0.1) is 5.92 Å². The molecule has 12 heteroatoms. The Morgan fingerprint density at radius 1 is 1.02 bits per heavy atom. The fourth-order valence-electron chi connectivity index (χ4n) is 4.07. The number of ether oxygens (including phenoxy) is 4. The summed E-state index contributed by atoms with van der Waals surface area (Å²) in [5.41, 5.74) is 0.0500. The Morgan fingerprint density at radius 2 is 1.66 bits per heavy atom. The van der Waals surface area contributed by atoms with Gasteiger partial charge in [-0.05, 0) is 88.0 Å². The van der Waals surface area contributed by atoms with Crippen molar-refractivity contribution in [3.05, 3.63) is 33.6 Å². The molecule has 0 aliphatic carbocycles. The quantitative estimate of drug-likeness (QED) is 0.274. The van der Waals surface area contributed by atoms with E-state index in [1.807, 2.05) is 26.8 Å². The summed E-state index contributed by atoms with van der Waals surface area (Å²) >= 11 is 4.66. The maximum absolute atomic E-state index is 13.0. The van der Waals surface area contributed by atoms with Crippen LogP contribution in [0.5, 0.6) is 5.75 Å². The predicted molar refractivity (Wildman–Crippen MR) is 159 cm³/mol. The highest BCUT2D eigenvalue weighted by Crippen LogP contribution is 2.46. The number of carbonyl (C=O) groups excluding carboxylic acids is 4. The molecule has 0 bridgehead atoms. The van der Waals surface area contributed by atoms with Crippen LogP contribution in [0.25, 0.3) is 10.4 Å². The van der Waals surface area contributed by atoms with Crippen molar-refractivity contribution in [1.82, 2.24) is 4.90 Å². The van der Waals surface area contributed by atoms with Crippen LogP contribution in [0.1, 0.15) is 64.1 Å². The van der Waals surface area contributed by atoms with Gasteiger partial charge in [-0.2, -0.15) is 0 Å². The van der Waals surface area contributed by atoms with Crippen LogP contribution in [0.3, 0.4) is 0 Å². The number of nitrogens with one attached hydrogen (secondary N) is 1. The number of benzene rings is 1. The molecule has 0 radical (unpaired) electrons. The van der Waals surface area contributed by atoms with Crippen LogP contribution < -0.4 is 10.1 Å². The molecule has 1 aliphatic rings. The summed E-state index contributed by atoms with van der Waals surface area (Å²) in [5.74, 6) is -1.38. The largest absolute Gasteiger partial charge is 0.479 e. The van der Waals surface area contributed by atoms with Gasteiger partial charge in [-0.3, -0.25) is 4.79 Å². The Labute approximate surface area is 252 Å². The number of anilines is 1. The first-order chi connectivity index (χ1) is 19.1. The molecule has 0 spiro atoms. The number of piperidine rings is 1. The third-order valence-corrected chi connectivity index (χ3v) is 8.06. The van der Waals surface area contributed by atoms with Gasteiger partial charge in [0.05, 0.1) is 16.5 Å². The number of likely N-dealkylation sites (tertiary alicyclic amines) is 1. The molecule has 10 nitrogen and oxygen atoms in total. The van der Waals surface area contributed by atoms with E-state index in [1.54, 1.807) is 43.9 Å². The van der Waals surface area contributed by atoms with E-state index in [-0.39, 0.29) is 28.5 Å². The summed E-state index contributed by atoms with van der Waals surface area (Å²) in [4.78, 5) is 52.6. The fourth-order valence-corrected chi connectivity index (χ4v) is 6.04. The highest BCUT2D eigenvalue weighted by molar-refractivity contribution is 9.10. The minimum absolute atomic E-state index is 0.132. The summed E-state index contributed by atoms with van der Waals surface area (Å²) in [5, 5.41) is 2.97. The lowest BCUT2D eigenvalue weighted by molar-refractivity contribution is -0.157. The number of rotatable bonds is 7. The van der Waals surface area contributed by atoms with Crippen molar-refractivity contribution in [3.63, 3.8) is 0 Å². The van der Waals surface area contributed by atoms with Crippen molar-refractivity contribution in [2.45, 2.75) is 65.6 Å². The highest BCUT2D eigenvalue weighted by Gasteiger charge is 2.30. The van der Waals surface area contributed by atoms with Crippen LogP contribution in [-0.4, -0.2) is 66.8 Å². The molecule has 1 aromatic carbocycles. The lowest BCUT2D eigenvalue weighted by atomic mass is 9.96. The molecule has 3 rings (SSSR count). The first-order valence-corrected chi connectivity index (χ1v) is 14.8. The van der Waals surface area contributed by atoms with Crippen LogP contribution in [0.15, 0.2) is 28.7 Å². The third kappa shape index (κ3) is 9.19. The first kappa shape index (κ1) is 32.4. The number of hydrogen-bond acceptors (Lipinski definition) is 9. The number of carbonyl (C=O) groups is 4. The minimum atomic E-state index is -0.678. The predicted octanol–water partition coefficient (Wildman–Crippen LogP) is 6.27. The van der Waals surface area contributed by atoms with E-state index in [0.29, 0.717) is 41.0 Å². The van der Waals surface area contributed by atoms with Gasteiger partial charge in [0.1, 0.15) is 11.2 Å². The Balaban J connectivity index is 1.72. The van der Waals surface area contributed by atoms with Crippen molar-refractivity contribution in [2.75, 3.05) is 32.1 Å². The molecular formula is C29H37BrN2O8S. The lowest BCUT2D eigenvalue weighted by Crippen LogP contribution is -2.43. The van der Waals surface area contributed by atoms with Gasteiger partial charge in [0, 0.05) is 24.7 Å². The van der Waals surface area contributed by atoms with E-state index in [9.17, 15) is 19.2 Å². The van der Waals surface area contributed by atoms with E-state index in [4.69, 9.17) is 18.9 Å². The zero-order valence-electron chi connectivity index (χ0n) is 24.4.